The first kappa shape index (κ1) is 18.1. The van der Waals surface area contributed by atoms with E-state index < -0.39 is 6.10 Å². The molecule has 0 spiro atoms. The fourth-order valence-electron chi connectivity index (χ4n) is 3.19. The van der Waals surface area contributed by atoms with Crippen molar-refractivity contribution in [1.82, 2.24) is 5.32 Å². The third-order valence-corrected chi connectivity index (χ3v) is 4.80. The Labute approximate surface area is 153 Å². The number of hydrogen-bond acceptors (Lipinski definition) is 4. The Morgan fingerprint density at radius 3 is 2.65 bits per heavy atom. The minimum Gasteiger partial charge on any atom is -0.387 e. The maximum absolute atomic E-state index is 11.9. The summed E-state index contributed by atoms with van der Waals surface area (Å²) in [5.41, 5.74) is 3.37. The van der Waals surface area contributed by atoms with E-state index in [4.69, 9.17) is 5.26 Å². The van der Waals surface area contributed by atoms with Crippen LogP contribution in [0.3, 0.4) is 0 Å². The molecule has 3 rings (SSSR count). The van der Waals surface area contributed by atoms with Crippen LogP contribution in [-0.4, -0.2) is 24.1 Å². The predicted molar refractivity (Wildman–Crippen MR) is 101 cm³/mol. The third kappa shape index (κ3) is 4.10. The highest BCUT2D eigenvalue weighted by atomic mass is 16.3. The van der Waals surface area contributed by atoms with Crippen LogP contribution in [0, 0.1) is 11.3 Å². The van der Waals surface area contributed by atoms with Crippen LogP contribution in [0.25, 0.3) is 0 Å². The highest BCUT2D eigenvalue weighted by Crippen LogP contribution is 2.25. The van der Waals surface area contributed by atoms with E-state index >= 15 is 0 Å². The van der Waals surface area contributed by atoms with E-state index in [9.17, 15) is 9.90 Å². The largest absolute Gasteiger partial charge is 0.387 e. The normalized spacial score (nSPS) is 16.3. The van der Waals surface area contributed by atoms with Gasteiger partial charge in [-0.3, -0.25) is 4.79 Å². The third-order valence-electron chi connectivity index (χ3n) is 4.80. The molecule has 1 heterocycles. The van der Waals surface area contributed by atoms with Gasteiger partial charge in [-0.1, -0.05) is 24.3 Å². The van der Waals surface area contributed by atoms with Gasteiger partial charge in [0.05, 0.1) is 17.7 Å². The van der Waals surface area contributed by atoms with Gasteiger partial charge in [-0.05, 0) is 48.7 Å². The number of benzene rings is 2. The molecule has 5 heteroatoms. The second kappa shape index (κ2) is 8.13. The molecular formula is C21H23N3O2. The van der Waals surface area contributed by atoms with Gasteiger partial charge < -0.3 is 15.3 Å². The van der Waals surface area contributed by atoms with Crippen molar-refractivity contribution < 1.29 is 9.90 Å². The fraction of sp³-hybridized carbons (Fsp3) is 0.333. The Balaban J connectivity index is 1.61. The molecule has 1 fully saturated rings. The standard InChI is InChI=1S/C21H23N3O2/c1-15(23-14-20(25)17-9-7-16(13-22)8-10-17)18-4-2-5-19(12-18)24-11-3-6-21(24)26/h2,4-5,7-10,12,15,20,23,25H,3,6,11,14H2,1H3/t15-,20+/m1/s1. The molecule has 2 N–H and O–H groups in total. The molecule has 0 radical (unpaired) electrons. The minimum absolute atomic E-state index is 0.0423. The topological polar surface area (TPSA) is 76.4 Å². The molecule has 1 aliphatic heterocycles. The van der Waals surface area contributed by atoms with Crippen molar-refractivity contribution in [3.05, 3.63) is 65.2 Å². The highest BCUT2D eigenvalue weighted by molar-refractivity contribution is 5.95. The second-order valence-electron chi connectivity index (χ2n) is 6.62. The van der Waals surface area contributed by atoms with Crippen LogP contribution in [0.15, 0.2) is 48.5 Å². The lowest BCUT2D eigenvalue weighted by atomic mass is 10.0. The van der Waals surface area contributed by atoms with Crippen LogP contribution >= 0.6 is 0 Å². The van der Waals surface area contributed by atoms with Gasteiger partial charge in [0, 0.05) is 31.2 Å². The van der Waals surface area contributed by atoms with Crippen LogP contribution in [-0.2, 0) is 4.79 Å². The molecule has 1 amide bonds. The lowest BCUT2D eigenvalue weighted by Gasteiger charge is -2.21. The molecular weight excluding hydrogens is 326 g/mol. The van der Waals surface area contributed by atoms with E-state index in [0.29, 0.717) is 18.5 Å². The van der Waals surface area contributed by atoms with E-state index in [1.54, 1.807) is 24.3 Å². The molecule has 0 saturated carbocycles. The Kier molecular flexibility index (Phi) is 5.67. The number of carbonyl (C=O) groups is 1. The average molecular weight is 349 g/mol. The number of hydrogen-bond donors (Lipinski definition) is 2. The van der Waals surface area contributed by atoms with Crippen LogP contribution in [0.1, 0.15) is 48.6 Å². The van der Waals surface area contributed by atoms with Crippen molar-refractivity contribution in [2.24, 2.45) is 0 Å². The second-order valence-corrected chi connectivity index (χ2v) is 6.62. The van der Waals surface area contributed by atoms with Crippen LogP contribution in [0.2, 0.25) is 0 Å². The molecule has 1 saturated heterocycles. The zero-order valence-electron chi connectivity index (χ0n) is 14.9. The van der Waals surface area contributed by atoms with Gasteiger partial charge in [0.15, 0.2) is 0 Å². The van der Waals surface area contributed by atoms with Crippen molar-refractivity contribution in [3.8, 4) is 6.07 Å². The molecule has 2 aromatic carbocycles. The molecule has 0 unspecified atom stereocenters. The van der Waals surface area contributed by atoms with Crippen LogP contribution in [0.5, 0.6) is 0 Å². The van der Waals surface area contributed by atoms with Gasteiger partial charge in [0.25, 0.3) is 0 Å². The van der Waals surface area contributed by atoms with E-state index in [2.05, 4.69) is 11.4 Å². The van der Waals surface area contributed by atoms with Gasteiger partial charge in [0.1, 0.15) is 0 Å². The zero-order chi connectivity index (χ0) is 18.5. The molecule has 0 aliphatic carbocycles. The van der Waals surface area contributed by atoms with E-state index in [1.165, 1.54) is 0 Å². The molecule has 5 nitrogen and oxygen atoms in total. The van der Waals surface area contributed by atoms with E-state index in [1.807, 2.05) is 36.1 Å². The highest BCUT2D eigenvalue weighted by Gasteiger charge is 2.22. The maximum atomic E-state index is 11.9. The Hall–Kier alpha value is -2.68. The lowest BCUT2D eigenvalue weighted by molar-refractivity contribution is -0.117. The Morgan fingerprint density at radius 1 is 1.23 bits per heavy atom. The fourth-order valence-corrected chi connectivity index (χ4v) is 3.19. The molecule has 1 aliphatic rings. The van der Waals surface area contributed by atoms with Crippen molar-refractivity contribution >= 4 is 11.6 Å². The van der Waals surface area contributed by atoms with E-state index in [0.717, 1.165) is 29.8 Å². The van der Waals surface area contributed by atoms with Gasteiger partial charge in [0.2, 0.25) is 5.91 Å². The number of aliphatic hydroxyl groups excluding tert-OH is 1. The van der Waals surface area contributed by atoms with Gasteiger partial charge >= 0.3 is 0 Å². The summed E-state index contributed by atoms with van der Waals surface area (Å²) in [6.45, 7) is 3.22. The number of aliphatic hydroxyl groups is 1. The maximum Gasteiger partial charge on any atom is 0.227 e. The van der Waals surface area contributed by atoms with E-state index in [-0.39, 0.29) is 11.9 Å². The number of nitrogens with zero attached hydrogens (tertiary/aromatic N) is 2. The van der Waals surface area contributed by atoms with Crippen molar-refractivity contribution in [1.29, 1.82) is 5.26 Å². The number of amides is 1. The summed E-state index contributed by atoms with van der Waals surface area (Å²) in [5.74, 6) is 0.180. The van der Waals surface area contributed by atoms with Gasteiger partial charge in [-0.15, -0.1) is 0 Å². The quantitative estimate of drug-likeness (QED) is 0.840. The van der Waals surface area contributed by atoms with Crippen molar-refractivity contribution in [2.45, 2.75) is 31.9 Å². The predicted octanol–water partition coefficient (Wildman–Crippen LogP) is 3.07. The monoisotopic (exact) mass is 349 g/mol. The molecule has 2 aromatic rings. The first-order valence-electron chi connectivity index (χ1n) is 8.90. The number of carbonyl (C=O) groups excluding carboxylic acids is 1. The van der Waals surface area contributed by atoms with Gasteiger partial charge in [-0.25, -0.2) is 0 Å². The Bertz CT molecular complexity index is 811. The summed E-state index contributed by atoms with van der Waals surface area (Å²) in [7, 11) is 0. The summed E-state index contributed by atoms with van der Waals surface area (Å²) >= 11 is 0. The molecule has 26 heavy (non-hydrogen) atoms. The number of nitrogens with one attached hydrogen (secondary N) is 1. The van der Waals surface area contributed by atoms with Crippen molar-refractivity contribution in [3.63, 3.8) is 0 Å². The Morgan fingerprint density at radius 2 is 2.00 bits per heavy atom. The molecule has 2 atom stereocenters. The van der Waals surface area contributed by atoms with Crippen LogP contribution < -0.4 is 10.2 Å². The minimum atomic E-state index is -0.645. The SMILES string of the molecule is C[C@@H](NC[C@H](O)c1ccc(C#N)cc1)c1cccc(N2CCCC2=O)c1. The summed E-state index contributed by atoms with van der Waals surface area (Å²) in [4.78, 5) is 13.8. The summed E-state index contributed by atoms with van der Waals surface area (Å²) in [6.07, 6.45) is 0.885. The lowest BCUT2D eigenvalue weighted by Crippen LogP contribution is -2.26. The molecule has 0 aromatic heterocycles. The molecule has 134 valence electrons. The van der Waals surface area contributed by atoms with Gasteiger partial charge in [-0.2, -0.15) is 5.26 Å². The average Bonchev–Trinajstić information content (AvgIpc) is 3.12. The first-order chi connectivity index (χ1) is 12.6. The summed E-state index contributed by atoms with van der Waals surface area (Å²) in [6, 6.07) is 17.1. The molecule has 0 bridgehead atoms. The summed E-state index contributed by atoms with van der Waals surface area (Å²) < 4.78 is 0. The number of rotatable bonds is 6. The summed E-state index contributed by atoms with van der Waals surface area (Å²) in [5, 5.41) is 22.5. The zero-order valence-corrected chi connectivity index (χ0v) is 14.9. The van der Waals surface area contributed by atoms with Crippen molar-refractivity contribution in [2.75, 3.05) is 18.0 Å². The first-order valence-corrected chi connectivity index (χ1v) is 8.90. The number of anilines is 1. The van der Waals surface area contributed by atoms with Crippen LogP contribution in [0.4, 0.5) is 5.69 Å². The smallest absolute Gasteiger partial charge is 0.227 e. The number of nitriles is 1.